The average molecular weight is 170 g/mol. The molecule has 0 spiro atoms. The van der Waals surface area contributed by atoms with E-state index in [9.17, 15) is 0 Å². The molecule has 2 nitrogen and oxygen atoms in total. The van der Waals surface area contributed by atoms with Crippen molar-refractivity contribution in [1.29, 1.82) is 0 Å². The minimum absolute atomic E-state index is 0.729. The maximum absolute atomic E-state index is 5.67. The number of hydrogen-bond acceptors (Lipinski definition) is 2. The average Bonchev–Trinajstić information content (AvgIpc) is 2.03. The third-order valence-corrected chi connectivity index (χ3v) is 2.69. The van der Waals surface area contributed by atoms with Crippen LogP contribution in [-0.2, 0) is 0 Å². The lowest BCUT2D eigenvalue weighted by molar-refractivity contribution is 0.277. The molecule has 72 valence electrons. The number of nitrogens with one attached hydrogen (secondary N) is 1. The quantitative estimate of drug-likeness (QED) is 0.671. The molecule has 0 radical (unpaired) electrons. The van der Waals surface area contributed by atoms with Crippen molar-refractivity contribution in [2.75, 3.05) is 13.1 Å². The minimum Gasteiger partial charge on any atom is -0.330 e. The Labute approximate surface area is 75.9 Å². The number of nitrogens with two attached hydrogens (primary N) is 1. The van der Waals surface area contributed by atoms with E-state index in [0.717, 1.165) is 24.4 Å². The molecule has 0 aliphatic carbocycles. The molecule has 2 heteroatoms. The van der Waals surface area contributed by atoms with E-state index in [1.54, 1.807) is 0 Å². The van der Waals surface area contributed by atoms with E-state index in [1.807, 2.05) is 0 Å². The zero-order valence-corrected chi connectivity index (χ0v) is 8.34. The molecule has 0 amide bonds. The lowest BCUT2D eigenvalue weighted by Crippen LogP contribution is -2.40. The molecule has 0 aromatic rings. The normalized spacial score (nSPS) is 31.0. The predicted octanol–water partition coefficient (Wildman–Crippen LogP) is 1.36. The molecule has 0 bridgehead atoms. The van der Waals surface area contributed by atoms with Crippen LogP contribution >= 0.6 is 0 Å². The second-order valence-electron chi connectivity index (χ2n) is 4.41. The summed E-state index contributed by atoms with van der Waals surface area (Å²) in [6, 6.07) is 0.729. The smallest absolute Gasteiger partial charge is 0.00726 e. The highest BCUT2D eigenvalue weighted by Gasteiger charge is 2.20. The number of piperidine rings is 1. The Morgan fingerprint density at radius 3 is 2.83 bits per heavy atom. The summed E-state index contributed by atoms with van der Waals surface area (Å²) >= 11 is 0. The van der Waals surface area contributed by atoms with Gasteiger partial charge in [-0.2, -0.15) is 0 Å². The van der Waals surface area contributed by atoms with Crippen LogP contribution in [-0.4, -0.2) is 19.1 Å². The summed E-state index contributed by atoms with van der Waals surface area (Å²) in [7, 11) is 0. The number of rotatable bonds is 3. The summed E-state index contributed by atoms with van der Waals surface area (Å²) in [5, 5.41) is 3.56. The molecular weight excluding hydrogens is 148 g/mol. The van der Waals surface area contributed by atoms with Crippen molar-refractivity contribution in [2.24, 2.45) is 17.6 Å². The highest BCUT2D eigenvalue weighted by molar-refractivity contribution is 4.79. The van der Waals surface area contributed by atoms with E-state index in [-0.39, 0.29) is 0 Å². The molecule has 0 saturated carbocycles. The van der Waals surface area contributed by atoms with E-state index >= 15 is 0 Å². The van der Waals surface area contributed by atoms with Crippen LogP contribution in [0.25, 0.3) is 0 Å². The number of hydrogen-bond donors (Lipinski definition) is 2. The zero-order valence-electron chi connectivity index (χ0n) is 8.34. The molecule has 1 aliphatic rings. The Hall–Kier alpha value is -0.0800. The molecule has 1 saturated heterocycles. The lowest BCUT2D eigenvalue weighted by atomic mass is 9.88. The molecule has 1 rings (SSSR count). The van der Waals surface area contributed by atoms with Crippen molar-refractivity contribution in [3.8, 4) is 0 Å². The molecule has 1 aliphatic heterocycles. The summed E-state index contributed by atoms with van der Waals surface area (Å²) in [6.07, 6.45) is 3.86. The monoisotopic (exact) mass is 170 g/mol. The maximum Gasteiger partial charge on any atom is 0.00726 e. The van der Waals surface area contributed by atoms with Gasteiger partial charge in [0.1, 0.15) is 0 Å². The fourth-order valence-electron chi connectivity index (χ4n) is 2.06. The first-order chi connectivity index (χ1) is 5.72. The van der Waals surface area contributed by atoms with Gasteiger partial charge in [-0.15, -0.1) is 0 Å². The van der Waals surface area contributed by atoms with Gasteiger partial charge in [-0.3, -0.25) is 0 Å². The Balaban J connectivity index is 2.25. The van der Waals surface area contributed by atoms with Gasteiger partial charge in [0.2, 0.25) is 0 Å². The Morgan fingerprint density at radius 2 is 2.25 bits per heavy atom. The van der Waals surface area contributed by atoms with Gasteiger partial charge < -0.3 is 11.1 Å². The Kier molecular flexibility index (Phi) is 4.02. The SMILES string of the molecule is CC(C)CC1CC(CN)CCN1. The third kappa shape index (κ3) is 3.11. The van der Waals surface area contributed by atoms with Crippen LogP contribution in [0.3, 0.4) is 0 Å². The summed E-state index contributed by atoms with van der Waals surface area (Å²) in [6.45, 7) is 6.61. The first kappa shape index (κ1) is 10.0. The second-order valence-corrected chi connectivity index (χ2v) is 4.41. The summed E-state index contributed by atoms with van der Waals surface area (Å²) < 4.78 is 0. The van der Waals surface area contributed by atoms with Crippen LogP contribution < -0.4 is 11.1 Å². The van der Waals surface area contributed by atoms with E-state index in [0.29, 0.717) is 0 Å². The van der Waals surface area contributed by atoms with Crippen molar-refractivity contribution in [1.82, 2.24) is 5.32 Å². The van der Waals surface area contributed by atoms with E-state index in [1.165, 1.54) is 25.8 Å². The van der Waals surface area contributed by atoms with Gasteiger partial charge in [0.15, 0.2) is 0 Å². The molecule has 1 fully saturated rings. The van der Waals surface area contributed by atoms with Crippen LogP contribution in [0.2, 0.25) is 0 Å². The van der Waals surface area contributed by atoms with Crippen LogP contribution in [0.15, 0.2) is 0 Å². The lowest BCUT2D eigenvalue weighted by Gasteiger charge is -2.30. The van der Waals surface area contributed by atoms with Gasteiger partial charge in [0, 0.05) is 6.04 Å². The van der Waals surface area contributed by atoms with Crippen molar-refractivity contribution in [3.05, 3.63) is 0 Å². The van der Waals surface area contributed by atoms with Crippen molar-refractivity contribution in [3.63, 3.8) is 0 Å². The minimum atomic E-state index is 0.729. The summed E-state index contributed by atoms with van der Waals surface area (Å²) in [4.78, 5) is 0. The van der Waals surface area contributed by atoms with Gasteiger partial charge in [0.05, 0.1) is 0 Å². The molecule has 12 heavy (non-hydrogen) atoms. The van der Waals surface area contributed by atoms with Gasteiger partial charge in [-0.1, -0.05) is 13.8 Å². The van der Waals surface area contributed by atoms with Gasteiger partial charge in [0.25, 0.3) is 0 Å². The summed E-state index contributed by atoms with van der Waals surface area (Å²) in [5.41, 5.74) is 5.67. The molecule has 2 atom stereocenters. The Morgan fingerprint density at radius 1 is 1.50 bits per heavy atom. The van der Waals surface area contributed by atoms with Crippen LogP contribution in [0.4, 0.5) is 0 Å². The van der Waals surface area contributed by atoms with Gasteiger partial charge >= 0.3 is 0 Å². The zero-order chi connectivity index (χ0) is 8.97. The fraction of sp³-hybridized carbons (Fsp3) is 1.00. The van der Waals surface area contributed by atoms with Crippen LogP contribution in [0, 0.1) is 11.8 Å². The van der Waals surface area contributed by atoms with E-state index < -0.39 is 0 Å². The second kappa shape index (κ2) is 4.83. The molecule has 3 N–H and O–H groups in total. The molecular formula is C10H22N2. The summed E-state index contributed by atoms with van der Waals surface area (Å²) in [5.74, 6) is 1.58. The maximum atomic E-state index is 5.67. The molecule has 0 aromatic heterocycles. The first-order valence-corrected chi connectivity index (χ1v) is 5.15. The topological polar surface area (TPSA) is 38.0 Å². The third-order valence-electron chi connectivity index (χ3n) is 2.69. The van der Waals surface area contributed by atoms with Gasteiger partial charge in [-0.05, 0) is 44.2 Å². The highest BCUT2D eigenvalue weighted by atomic mass is 14.9. The Bertz CT molecular complexity index is 123. The standard InChI is InChI=1S/C10H22N2/c1-8(2)5-10-6-9(7-11)3-4-12-10/h8-10,12H,3-7,11H2,1-2H3. The largest absolute Gasteiger partial charge is 0.330 e. The van der Waals surface area contributed by atoms with Crippen LogP contribution in [0.5, 0.6) is 0 Å². The first-order valence-electron chi connectivity index (χ1n) is 5.15. The van der Waals surface area contributed by atoms with Crippen molar-refractivity contribution >= 4 is 0 Å². The van der Waals surface area contributed by atoms with Gasteiger partial charge in [-0.25, -0.2) is 0 Å². The molecule has 2 unspecified atom stereocenters. The predicted molar refractivity (Wildman–Crippen MR) is 53.0 cm³/mol. The molecule has 0 aromatic carbocycles. The van der Waals surface area contributed by atoms with Crippen molar-refractivity contribution < 1.29 is 0 Å². The molecule has 1 heterocycles. The van der Waals surface area contributed by atoms with Crippen molar-refractivity contribution in [2.45, 2.75) is 39.2 Å². The van der Waals surface area contributed by atoms with Crippen LogP contribution in [0.1, 0.15) is 33.1 Å². The van der Waals surface area contributed by atoms with E-state index in [2.05, 4.69) is 19.2 Å². The fourth-order valence-corrected chi connectivity index (χ4v) is 2.06. The van der Waals surface area contributed by atoms with E-state index in [4.69, 9.17) is 5.73 Å². The highest BCUT2D eigenvalue weighted by Crippen LogP contribution is 2.19.